The summed E-state index contributed by atoms with van der Waals surface area (Å²) in [6.07, 6.45) is 2.98. The molecule has 0 spiro atoms. The fourth-order valence-electron chi connectivity index (χ4n) is 3.43. The van der Waals surface area contributed by atoms with Crippen molar-refractivity contribution in [2.24, 2.45) is 5.92 Å². The van der Waals surface area contributed by atoms with Crippen LogP contribution in [0.5, 0.6) is 0 Å². The molecule has 168 valence electrons. The van der Waals surface area contributed by atoms with Gasteiger partial charge in [0.1, 0.15) is 0 Å². The second-order valence-electron chi connectivity index (χ2n) is 8.55. The summed E-state index contributed by atoms with van der Waals surface area (Å²) in [5.41, 5.74) is 2.35. The molecule has 0 aliphatic heterocycles. The van der Waals surface area contributed by atoms with Gasteiger partial charge in [0.15, 0.2) is 5.60 Å². The number of ether oxygens (including phenoxy) is 1. The van der Waals surface area contributed by atoms with Gasteiger partial charge in [-0.25, -0.2) is 8.42 Å². The van der Waals surface area contributed by atoms with Crippen LogP contribution in [0.3, 0.4) is 0 Å². The van der Waals surface area contributed by atoms with E-state index < -0.39 is 21.6 Å². The molecule has 1 fully saturated rings. The zero-order valence-corrected chi connectivity index (χ0v) is 19.8. The molecule has 1 unspecified atom stereocenters. The number of sulfonamides is 1. The van der Waals surface area contributed by atoms with Crippen LogP contribution < -0.4 is 0 Å². The molecule has 3 rings (SSSR count). The molecule has 0 bridgehead atoms. The van der Waals surface area contributed by atoms with Gasteiger partial charge in [0.2, 0.25) is 10.0 Å². The largest absolute Gasteiger partial charge is 0.447 e. The van der Waals surface area contributed by atoms with Gasteiger partial charge < -0.3 is 4.74 Å². The Labute approximate surface area is 191 Å². The lowest BCUT2D eigenvalue weighted by Gasteiger charge is -2.21. The van der Waals surface area contributed by atoms with E-state index >= 15 is 0 Å². The third-order valence-corrected chi connectivity index (χ3v) is 6.95. The molecule has 0 N–H and O–H groups in total. The summed E-state index contributed by atoms with van der Waals surface area (Å²) in [5, 5.41) is 0. The quantitative estimate of drug-likeness (QED) is 0.461. The predicted molar refractivity (Wildman–Crippen MR) is 126 cm³/mol. The van der Waals surface area contributed by atoms with Crippen LogP contribution in [0.1, 0.15) is 38.3 Å². The average Bonchev–Trinajstić information content (AvgIpc) is 3.44. The van der Waals surface area contributed by atoms with Crippen LogP contribution in [0.4, 0.5) is 0 Å². The summed E-state index contributed by atoms with van der Waals surface area (Å²) >= 11 is 0. The van der Waals surface area contributed by atoms with Gasteiger partial charge in [0, 0.05) is 13.5 Å². The molecule has 32 heavy (non-hydrogen) atoms. The minimum atomic E-state index is -3.71. The number of hydrogen-bond acceptors (Lipinski definition) is 4. The lowest BCUT2D eigenvalue weighted by atomic mass is 10.1. The van der Waals surface area contributed by atoms with Crippen molar-refractivity contribution < 1.29 is 17.9 Å². The van der Waals surface area contributed by atoms with E-state index in [9.17, 15) is 13.2 Å². The molecule has 2 aromatic carbocycles. The highest BCUT2D eigenvalue weighted by molar-refractivity contribution is 7.89. The lowest BCUT2D eigenvalue weighted by Crippen LogP contribution is -2.34. The number of nitrogens with zero attached hydrogens (tertiary/aromatic N) is 1. The van der Waals surface area contributed by atoms with Crippen LogP contribution in [0.2, 0.25) is 0 Å². The number of carbonyl (C=O) groups is 1. The fourth-order valence-corrected chi connectivity index (χ4v) is 4.81. The molecule has 0 heterocycles. The molecule has 5 nitrogen and oxygen atoms in total. The van der Waals surface area contributed by atoms with Crippen LogP contribution in [-0.2, 0) is 19.6 Å². The van der Waals surface area contributed by atoms with Crippen LogP contribution in [0, 0.1) is 24.7 Å². The Bertz CT molecular complexity index is 1150. The van der Waals surface area contributed by atoms with Crippen molar-refractivity contribution in [3.63, 3.8) is 0 Å². The third-order valence-electron chi connectivity index (χ3n) is 5.12. The minimum Gasteiger partial charge on any atom is -0.447 e. The summed E-state index contributed by atoms with van der Waals surface area (Å²) in [6.45, 7) is 6.99. The number of hydrogen-bond donors (Lipinski definition) is 0. The third kappa shape index (κ3) is 6.56. The van der Waals surface area contributed by atoms with E-state index in [0.29, 0.717) is 6.54 Å². The molecule has 1 aliphatic rings. The molecule has 0 amide bonds. The van der Waals surface area contributed by atoms with Crippen LogP contribution in [0.25, 0.3) is 6.08 Å². The molecular formula is C26H29NO4S. The second kappa shape index (κ2) is 9.72. The van der Waals surface area contributed by atoms with Gasteiger partial charge in [-0.2, -0.15) is 4.31 Å². The highest BCUT2D eigenvalue weighted by Gasteiger charge is 2.35. The van der Waals surface area contributed by atoms with E-state index in [4.69, 9.17) is 4.74 Å². The van der Waals surface area contributed by atoms with Crippen LogP contribution >= 0.6 is 0 Å². The van der Waals surface area contributed by atoms with E-state index in [1.165, 1.54) is 16.8 Å². The number of rotatable bonds is 7. The first-order valence-corrected chi connectivity index (χ1v) is 12.0. The summed E-state index contributed by atoms with van der Waals surface area (Å²) < 4.78 is 33.3. The molecule has 1 aliphatic carbocycles. The Morgan fingerprint density at radius 2 is 1.81 bits per heavy atom. The SMILES string of the molecule is CC(=O)OC(C)(C)C#CCN(CC1C/C1=C\c1ccccc1)S(=O)(=O)c1ccc(C)cc1. The van der Waals surface area contributed by atoms with Crippen LogP contribution in [0.15, 0.2) is 65.1 Å². The average molecular weight is 452 g/mol. The molecule has 0 aromatic heterocycles. The molecule has 1 atom stereocenters. The zero-order chi connectivity index (χ0) is 23.4. The maximum absolute atomic E-state index is 13.4. The Hall–Kier alpha value is -2.88. The monoisotopic (exact) mass is 451 g/mol. The standard InChI is InChI=1S/C26H29NO4S/c1-20-11-13-25(14-12-20)32(29,30)27(16-8-15-26(3,4)31-21(2)28)19-24-18-23(24)17-22-9-6-5-7-10-22/h5-7,9-14,17,24H,16,18-19H2,1-4H3/b23-17+. The number of aryl methyl sites for hydroxylation is 1. The van der Waals surface area contributed by atoms with Gasteiger partial charge in [0.05, 0.1) is 11.4 Å². The minimum absolute atomic E-state index is 0.0238. The van der Waals surface area contributed by atoms with Gasteiger partial charge in [-0.15, -0.1) is 0 Å². The molecular weight excluding hydrogens is 422 g/mol. The van der Waals surface area contributed by atoms with Gasteiger partial charge in [0.25, 0.3) is 0 Å². The Morgan fingerprint density at radius 3 is 2.44 bits per heavy atom. The molecule has 0 saturated heterocycles. The Morgan fingerprint density at radius 1 is 1.16 bits per heavy atom. The summed E-state index contributed by atoms with van der Waals surface area (Å²) in [7, 11) is -3.71. The number of esters is 1. The van der Waals surface area contributed by atoms with Gasteiger partial charge >= 0.3 is 5.97 Å². The van der Waals surface area contributed by atoms with Crippen molar-refractivity contribution in [3.8, 4) is 11.8 Å². The van der Waals surface area contributed by atoms with E-state index in [0.717, 1.165) is 17.5 Å². The first-order chi connectivity index (χ1) is 15.1. The van der Waals surface area contributed by atoms with E-state index in [-0.39, 0.29) is 17.4 Å². The van der Waals surface area contributed by atoms with E-state index in [2.05, 4.69) is 17.9 Å². The Balaban J connectivity index is 1.81. The van der Waals surface area contributed by atoms with Crippen LogP contribution in [-0.4, -0.2) is 37.4 Å². The van der Waals surface area contributed by atoms with Gasteiger partial charge in [-0.3, -0.25) is 4.79 Å². The van der Waals surface area contributed by atoms with Crippen molar-refractivity contribution in [2.75, 3.05) is 13.1 Å². The van der Waals surface area contributed by atoms with Crippen molar-refractivity contribution in [1.82, 2.24) is 4.31 Å². The van der Waals surface area contributed by atoms with E-state index in [1.54, 1.807) is 38.1 Å². The summed E-state index contributed by atoms with van der Waals surface area (Å²) in [5.74, 6) is 5.54. The first kappa shape index (κ1) is 23.8. The zero-order valence-electron chi connectivity index (χ0n) is 19.0. The van der Waals surface area contributed by atoms with Crippen molar-refractivity contribution in [3.05, 3.63) is 71.3 Å². The topological polar surface area (TPSA) is 63.7 Å². The second-order valence-corrected chi connectivity index (χ2v) is 10.5. The maximum Gasteiger partial charge on any atom is 0.304 e. The molecule has 0 radical (unpaired) electrons. The molecule has 2 aromatic rings. The van der Waals surface area contributed by atoms with Gasteiger partial charge in [-0.05, 0) is 50.8 Å². The predicted octanol–water partition coefficient (Wildman–Crippen LogP) is 4.43. The number of benzene rings is 2. The summed E-state index contributed by atoms with van der Waals surface area (Å²) in [6, 6.07) is 16.8. The highest BCUT2D eigenvalue weighted by atomic mass is 32.2. The first-order valence-electron chi connectivity index (χ1n) is 10.6. The van der Waals surface area contributed by atoms with Crippen molar-refractivity contribution in [1.29, 1.82) is 0 Å². The van der Waals surface area contributed by atoms with E-state index in [1.807, 2.05) is 37.3 Å². The highest BCUT2D eigenvalue weighted by Crippen LogP contribution is 2.40. The number of carbonyl (C=O) groups excluding carboxylic acids is 1. The smallest absolute Gasteiger partial charge is 0.304 e. The van der Waals surface area contributed by atoms with Crippen molar-refractivity contribution >= 4 is 22.1 Å². The summed E-state index contributed by atoms with van der Waals surface area (Å²) in [4.78, 5) is 11.5. The van der Waals surface area contributed by atoms with Crippen molar-refractivity contribution in [2.45, 2.75) is 44.6 Å². The Kier molecular flexibility index (Phi) is 7.22. The van der Waals surface area contributed by atoms with Gasteiger partial charge in [-0.1, -0.05) is 71.5 Å². The normalized spacial score (nSPS) is 17.0. The maximum atomic E-state index is 13.4. The lowest BCUT2D eigenvalue weighted by molar-refractivity contribution is -0.148. The molecule has 6 heteroatoms. The molecule has 1 saturated carbocycles. The fraction of sp³-hybridized carbons (Fsp3) is 0.346.